The fourth-order valence-electron chi connectivity index (χ4n) is 1.97. The lowest BCUT2D eigenvalue weighted by atomic mass is 10.1. The highest BCUT2D eigenvalue weighted by Crippen LogP contribution is 2.17. The Hall–Kier alpha value is -2.36. The molecule has 2 aromatic rings. The largest absolute Gasteiger partial charge is 0.268 e. The quantitative estimate of drug-likeness (QED) is 0.899. The number of halogens is 1. The summed E-state index contributed by atoms with van der Waals surface area (Å²) in [7, 11) is -3.88. The fraction of sp³-hybridized carbons (Fsp3) is 0.125. The Morgan fingerprint density at radius 2 is 1.91 bits per heavy atom. The molecule has 7 heteroatoms. The molecule has 0 heterocycles. The van der Waals surface area contributed by atoms with Gasteiger partial charge in [-0.2, -0.15) is 5.26 Å². The average molecular weight is 349 g/mol. The van der Waals surface area contributed by atoms with Crippen molar-refractivity contribution in [2.24, 2.45) is 0 Å². The normalized spacial score (nSPS) is 10.8. The maximum atomic E-state index is 12.1. The van der Waals surface area contributed by atoms with Gasteiger partial charge in [0.1, 0.15) is 0 Å². The first kappa shape index (κ1) is 17.0. The first-order valence-electron chi connectivity index (χ1n) is 6.65. The van der Waals surface area contributed by atoms with Gasteiger partial charge in [0, 0.05) is 10.6 Å². The summed E-state index contributed by atoms with van der Waals surface area (Å²) in [6, 6.07) is 14.8. The van der Waals surface area contributed by atoms with E-state index in [1.807, 2.05) is 10.8 Å². The molecule has 1 N–H and O–H groups in total. The molecule has 0 aliphatic heterocycles. The molecule has 0 saturated carbocycles. The first-order chi connectivity index (χ1) is 10.9. The van der Waals surface area contributed by atoms with Gasteiger partial charge in [0.2, 0.25) is 10.0 Å². The number of nitrogens with zero attached hydrogens (tertiary/aromatic N) is 1. The van der Waals surface area contributed by atoms with E-state index in [0.29, 0.717) is 16.1 Å². The minimum atomic E-state index is -3.88. The first-order valence-corrected chi connectivity index (χ1v) is 8.68. The standard InChI is InChI=1S/C16H13ClN2O3S/c17-15-7-2-1-5-14(15)11-23(21,22)19-16(20)13-6-3-4-12(10-13)8-9-18/h1-7,10H,8,11H2,(H,19,20). The Kier molecular flexibility index (Phi) is 5.37. The van der Waals surface area contributed by atoms with Crippen LogP contribution in [0.25, 0.3) is 0 Å². The number of nitriles is 1. The van der Waals surface area contributed by atoms with E-state index in [-0.39, 0.29) is 12.0 Å². The predicted molar refractivity (Wildman–Crippen MR) is 87.3 cm³/mol. The van der Waals surface area contributed by atoms with Crippen LogP contribution in [0.3, 0.4) is 0 Å². The van der Waals surface area contributed by atoms with Crippen LogP contribution >= 0.6 is 11.6 Å². The molecule has 0 aromatic heterocycles. The molecule has 0 radical (unpaired) electrons. The van der Waals surface area contributed by atoms with Gasteiger partial charge < -0.3 is 0 Å². The number of carbonyl (C=O) groups excluding carboxylic acids is 1. The van der Waals surface area contributed by atoms with Crippen LogP contribution in [0.5, 0.6) is 0 Å². The number of sulfonamides is 1. The molecule has 0 aliphatic rings. The maximum absolute atomic E-state index is 12.1. The summed E-state index contributed by atoms with van der Waals surface area (Å²) in [6.07, 6.45) is 0.146. The molecule has 0 saturated heterocycles. The molecule has 1 amide bonds. The van der Waals surface area contributed by atoms with E-state index in [1.165, 1.54) is 12.1 Å². The van der Waals surface area contributed by atoms with Crippen molar-refractivity contribution in [3.63, 3.8) is 0 Å². The molecule has 0 atom stereocenters. The second-order valence-corrected chi connectivity index (χ2v) is 6.95. The molecular weight excluding hydrogens is 336 g/mol. The lowest BCUT2D eigenvalue weighted by molar-refractivity contribution is 0.0981. The third kappa shape index (κ3) is 4.81. The van der Waals surface area contributed by atoms with Crippen LogP contribution in [0.2, 0.25) is 5.02 Å². The van der Waals surface area contributed by atoms with Crippen LogP contribution in [-0.2, 0) is 22.2 Å². The number of nitrogens with one attached hydrogen (secondary N) is 1. The SMILES string of the molecule is N#CCc1cccc(C(=O)NS(=O)(=O)Cc2ccccc2Cl)c1. The van der Waals surface area contributed by atoms with Crippen molar-refractivity contribution in [1.82, 2.24) is 4.72 Å². The van der Waals surface area contributed by atoms with Crippen molar-refractivity contribution >= 4 is 27.5 Å². The number of hydrogen-bond acceptors (Lipinski definition) is 4. The zero-order chi connectivity index (χ0) is 16.9. The Bertz CT molecular complexity index is 873. The number of benzene rings is 2. The number of carbonyl (C=O) groups is 1. The summed E-state index contributed by atoms with van der Waals surface area (Å²) < 4.78 is 26.2. The van der Waals surface area contributed by atoms with E-state index in [1.54, 1.807) is 36.4 Å². The van der Waals surface area contributed by atoms with Gasteiger partial charge in [-0.1, -0.05) is 41.9 Å². The third-order valence-electron chi connectivity index (χ3n) is 3.02. The number of amides is 1. The van der Waals surface area contributed by atoms with Crippen LogP contribution in [0.1, 0.15) is 21.5 Å². The van der Waals surface area contributed by atoms with Crippen molar-refractivity contribution in [3.8, 4) is 6.07 Å². The molecule has 23 heavy (non-hydrogen) atoms. The second-order valence-electron chi connectivity index (χ2n) is 4.82. The Morgan fingerprint density at radius 1 is 1.17 bits per heavy atom. The maximum Gasteiger partial charge on any atom is 0.264 e. The van der Waals surface area contributed by atoms with Crippen LogP contribution in [0.4, 0.5) is 0 Å². The smallest absolute Gasteiger partial charge is 0.264 e. The summed E-state index contributed by atoms with van der Waals surface area (Å²) in [4.78, 5) is 12.1. The monoisotopic (exact) mass is 348 g/mol. The van der Waals surface area contributed by atoms with Crippen molar-refractivity contribution in [2.75, 3.05) is 0 Å². The summed E-state index contributed by atoms with van der Waals surface area (Å²) in [5.41, 5.74) is 1.23. The Morgan fingerprint density at radius 3 is 2.61 bits per heavy atom. The Labute approximate surface area is 139 Å². The molecule has 2 rings (SSSR count). The highest BCUT2D eigenvalue weighted by Gasteiger charge is 2.18. The van der Waals surface area contributed by atoms with Crippen molar-refractivity contribution < 1.29 is 13.2 Å². The van der Waals surface area contributed by atoms with Crippen LogP contribution in [0.15, 0.2) is 48.5 Å². The van der Waals surface area contributed by atoms with Gasteiger partial charge in [0.25, 0.3) is 5.91 Å². The van der Waals surface area contributed by atoms with Crippen LogP contribution in [-0.4, -0.2) is 14.3 Å². The van der Waals surface area contributed by atoms with Crippen LogP contribution in [0, 0.1) is 11.3 Å². The number of hydrogen-bond donors (Lipinski definition) is 1. The highest BCUT2D eigenvalue weighted by atomic mass is 35.5. The lowest BCUT2D eigenvalue weighted by Crippen LogP contribution is -2.31. The van der Waals surface area contributed by atoms with E-state index in [0.717, 1.165) is 0 Å². The molecule has 0 aliphatic carbocycles. The van der Waals surface area contributed by atoms with Gasteiger partial charge in [-0.3, -0.25) is 4.79 Å². The molecule has 0 unspecified atom stereocenters. The molecule has 118 valence electrons. The third-order valence-corrected chi connectivity index (χ3v) is 4.58. The van der Waals surface area contributed by atoms with Gasteiger partial charge in [-0.05, 0) is 29.3 Å². The summed E-state index contributed by atoms with van der Waals surface area (Å²) in [5.74, 6) is -1.13. The fourth-order valence-corrected chi connectivity index (χ4v) is 3.39. The predicted octanol–water partition coefficient (Wildman–Crippen LogP) is 2.67. The van der Waals surface area contributed by atoms with Gasteiger partial charge in [-0.15, -0.1) is 0 Å². The van der Waals surface area contributed by atoms with E-state index in [4.69, 9.17) is 16.9 Å². The minimum Gasteiger partial charge on any atom is -0.268 e. The molecule has 0 fully saturated rings. The summed E-state index contributed by atoms with van der Waals surface area (Å²) in [6.45, 7) is 0. The lowest BCUT2D eigenvalue weighted by Gasteiger charge is -2.08. The van der Waals surface area contributed by atoms with E-state index < -0.39 is 21.7 Å². The van der Waals surface area contributed by atoms with Gasteiger partial charge >= 0.3 is 0 Å². The van der Waals surface area contributed by atoms with Crippen molar-refractivity contribution in [1.29, 1.82) is 5.26 Å². The molecular formula is C16H13ClN2O3S. The average Bonchev–Trinajstić information content (AvgIpc) is 2.49. The van der Waals surface area contributed by atoms with Gasteiger partial charge in [0.15, 0.2) is 0 Å². The van der Waals surface area contributed by atoms with Crippen LogP contribution < -0.4 is 4.72 Å². The molecule has 0 bridgehead atoms. The van der Waals surface area contributed by atoms with E-state index >= 15 is 0 Å². The van der Waals surface area contributed by atoms with Crippen molar-refractivity contribution in [3.05, 3.63) is 70.2 Å². The molecule has 5 nitrogen and oxygen atoms in total. The summed E-state index contributed by atoms with van der Waals surface area (Å²) >= 11 is 5.93. The molecule has 0 spiro atoms. The van der Waals surface area contributed by atoms with Crippen molar-refractivity contribution in [2.45, 2.75) is 12.2 Å². The highest BCUT2D eigenvalue weighted by molar-refractivity contribution is 7.89. The second kappa shape index (κ2) is 7.27. The zero-order valence-corrected chi connectivity index (χ0v) is 13.6. The number of rotatable bonds is 5. The summed E-state index contributed by atoms with van der Waals surface area (Å²) in [5, 5.41) is 8.99. The topological polar surface area (TPSA) is 87.0 Å². The van der Waals surface area contributed by atoms with Gasteiger partial charge in [0.05, 0.1) is 18.2 Å². The Balaban J connectivity index is 2.14. The van der Waals surface area contributed by atoms with E-state index in [9.17, 15) is 13.2 Å². The van der Waals surface area contributed by atoms with Gasteiger partial charge in [-0.25, -0.2) is 13.1 Å². The molecule has 2 aromatic carbocycles. The van der Waals surface area contributed by atoms with E-state index in [2.05, 4.69) is 0 Å². The minimum absolute atomic E-state index is 0.146. The zero-order valence-electron chi connectivity index (χ0n) is 12.0.